The maximum atomic E-state index is 5.58. The average Bonchev–Trinajstić information content (AvgIpc) is 2.59. The molecule has 68 valence electrons. The summed E-state index contributed by atoms with van der Waals surface area (Å²) in [6, 6.07) is 0. The highest BCUT2D eigenvalue weighted by Crippen LogP contribution is 2.21. The monoisotopic (exact) mass is 169 g/mol. The first-order chi connectivity index (χ1) is 5.95. The Hall–Kier alpha value is -0.730. The van der Waals surface area contributed by atoms with Crippen LogP contribution in [0.3, 0.4) is 0 Å². The lowest BCUT2D eigenvalue weighted by molar-refractivity contribution is 0.0940. The molecule has 0 aromatic carbocycles. The first-order valence-corrected chi connectivity index (χ1v) is 4.79. The van der Waals surface area contributed by atoms with Crippen molar-refractivity contribution in [2.24, 2.45) is 4.99 Å². The molecule has 1 saturated carbocycles. The van der Waals surface area contributed by atoms with Gasteiger partial charge >= 0.3 is 6.08 Å². The first kappa shape index (κ1) is 7.90. The number of hydrogen-bond donors (Lipinski definition) is 0. The van der Waals surface area contributed by atoms with Gasteiger partial charge in [0.05, 0.1) is 6.54 Å². The summed E-state index contributed by atoms with van der Waals surface area (Å²) in [5.74, 6) is 0. The Balaban J connectivity index is 1.77. The standard InChI is InChI=1S/C9H15NO2/c1-2-4-8(5-3-1)12-9-10-6-7-11-9/h8H,1-7H2. The van der Waals surface area contributed by atoms with Gasteiger partial charge < -0.3 is 9.47 Å². The van der Waals surface area contributed by atoms with E-state index >= 15 is 0 Å². The summed E-state index contributed by atoms with van der Waals surface area (Å²) in [5, 5.41) is 0. The molecular weight excluding hydrogens is 154 g/mol. The second-order valence-electron chi connectivity index (χ2n) is 3.37. The number of nitrogens with zero attached hydrogens (tertiary/aromatic N) is 1. The summed E-state index contributed by atoms with van der Waals surface area (Å²) in [5.41, 5.74) is 0. The predicted molar refractivity (Wildman–Crippen MR) is 46.2 cm³/mol. The van der Waals surface area contributed by atoms with Crippen LogP contribution in [0.1, 0.15) is 32.1 Å². The molecule has 3 heteroatoms. The zero-order chi connectivity index (χ0) is 8.23. The third-order valence-electron chi connectivity index (χ3n) is 2.38. The fourth-order valence-corrected chi connectivity index (χ4v) is 1.71. The largest absolute Gasteiger partial charge is 0.449 e. The molecule has 0 saturated heterocycles. The normalized spacial score (nSPS) is 24.8. The molecule has 0 unspecified atom stereocenters. The van der Waals surface area contributed by atoms with Crippen molar-refractivity contribution in [1.82, 2.24) is 0 Å². The summed E-state index contributed by atoms with van der Waals surface area (Å²) >= 11 is 0. The summed E-state index contributed by atoms with van der Waals surface area (Å²) in [6.07, 6.45) is 7.17. The van der Waals surface area contributed by atoms with Crippen LogP contribution in [0.2, 0.25) is 0 Å². The van der Waals surface area contributed by atoms with Crippen LogP contribution in [-0.2, 0) is 9.47 Å². The highest BCUT2D eigenvalue weighted by Gasteiger charge is 2.18. The lowest BCUT2D eigenvalue weighted by atomic mass is 9.98. The molecule has 1 aliphatic heterocycles. The van der Waals surface area contributed by atoms with E-state index in [-0.39, 0.29) is 0 Å². The van der Waals surface area contributed by atoms with Crippen LogP contribution >= 0.6 is 0 Å². The number of ether oxygens (including phenoxy) is 2. The van der Waals surface area contributed by atoms with E-state index < -0.39 is 0 Å². The Bertz CT molecular complexity index is 173. The molecule has 0 aromatic rings. The Kier molecular flexibility index (Phi) is 2.49. The van der Waals surface area contributed by atoms with Gasteiger partial charge in [-0.3, -0.25) is 0 Å². The molecule has 2 aliphatic rings. The van der Waals surface area contributed by atoms with E-state index in [0.29, 0.717) is 18.8 Å². The quantitative estimate of drug-likeness (QED) is 0.598. The van der Waals surface area contributed by atoms with Gasteiger partial charge in [0.1, 0.15) is 12.7 Å². The van der Waals surface area contributed by atoms with Gasteiger partial charge in [0.2, 0.25) is 0 Å². The molecule has 0 amide bonds. The third-order valence-corrected chi connectivity index (χ3v) is 2.38. The van der Waals surface area contributed by atoms with Crippen molar-refractivity contribution in [2.45, 2.75) is 38.2 Å². The SMILES string of the molecule is C1CCC(OC2=NCCO2)CC1. The molecule has 0 radical (unpaired) electrons. The summed E-state index contributed by atoms with van der Waals surface area (Å²) in [4.78, 5) is 4.10. The van der Waals surface area contributed by atoms with Gasteiger partial charge in [0, 0.05) is 0 Å². The highest BCUT2D eigenvalue weighted by atomic mass is 16.7. The minimum Gasteiger partial charge on any atom is -0.449 e. The van der Waals surface area contributed by atoms with Crippen molar-refractivity contribution in [1.29, 1.82) is 0 Å². The van der Waals surface area contributed by atoms with Crippen LogP contribution in [0.25, 0.3) is 0 Å². The van der Waals surface area contributed by atoms with Gasteiger partial charge in [-0.1, -0.05) is 6.42 Å². The Morgan fingerprint density at radius 1 is 1.25 bits per heavy atom. The molecule has 1 aliphatic carbocycles. The van der Waals surface area contributed by atoms with Crippen molar-refractivity contribution in [2.75, 3.05) is 13.2 Å². The number of hydrogen-bond acceptors (Lipinski definition) is 3. The molecular formula is C9H15NO2. The number of aliphatic imine (C=N–C) groups is 1. The Morgan fingerprint density at radius 2 is 2.08 bits per heavy atom. The van der Waals surface area contributed by atoms with Crippen LogP contribution in [-0.4, -0.2) is 25.3 Å². The minimum absolute atomic E-state index is 0.371. The number of rotatable bonds is 1. The summed E-state index contributed by atoms with van der Waals surface area (Å²) in [6.45, 7) is 1.46. The zero-order valence-electron chi connectivity index (χ0n) is 7.29. The second-order valence-corrected chi connectivity index (χ2v) is 3.37. The van der Waals surface area contributed by atoms with E-state index in [1.165, 1.54) is 32.1 Å². The molecule has 0 N–H and O–H groups in total. The molecule has 0 bridgehead atoms. The van der Waals surface area contributed by atoms with Gasteiger partial charge in [0.25, 0.3) is 0 Å². The van der Waals surface area contributed by atoms with Gasteiger partial charge in [-0.2, -0.15) is 0 Å². The van der Waals surface area contributed by atoms with Crippen molar-refractivity contribution < 1.29 is 9.47 Å². The Labute approximate surface area is 72.8 Å². The van der Waals surface area contributed by atoms with Crippen LogP contribution in [0.5, 0.6) is 0 Å². The van der Waals surface area contributed by atoms with Crippen LogP contribution in [0.15, 0.2) is 4.99 Å². The third kappa shape index (κ3) is 1.90. The van der Waals surface area contributed by atoms with E-state index in [2.05, 4.69) is 4.99 Å². The van der Waals surface area contributed by atoms with Gasteiger partial charge in [0.15, 0.2) is 0 Å². The summed E-state index contributed by atoms with van der Waals surface area (Å²) < 4.78 is 10.8. The summed E-state index contributed by atoms with van der Waals surface area (Å²) in [7, 11) is 0. The van der Waals surface area contributed by atoms with E-state index in [0.717, 1.165) is 6.54 Å². The topological polar surface area (TPSA) is 30.8 Å². The molecule has 0 atom stereocenters. The average molecular weight is 169 g/mol. The smallest absolute Gasteiger partial charge is 0.383 e. The van der Waals surface area contributed by atoms with Gasteiger partial charge in [-0.15, -0.1) is 0 Å². The van der Waals surface area contributed by atoms with Gasteiger partial charge in [-0.05, 0) is 25.7 Å². The van der Waals surface area contributed by atoms with Crippen molar-refractivity contribution in [3.05, 3.63) is 0 Å². The van der Waals surface area contributed by atoms with E-state index in [4.69, 9.17) is 9.47 Å². The maximum Gasteiger partial charge on any atom is 0.383 e. The maximum absolute atomic E-state index is 5.58. The molecule has 0 spiro atoms. The van der Waals surface area contributed by atoms with Crippen molar-refractivity contribution in [3.63, 3.8) is 0 Å². The van der Waals surface area contributed by atoms with E-state index in [1.807, 2.05) is 0 Å². The fourth-order valence-electron chi connectivity index (χ4n) is 1.71. The van der Waals surface area contributed by atoms with E-state index in [1.54, 1.807) is 0 Å². The highest BCUT2D eigenvalue weighted by molar-refractivity contribution is 5.68. The van der Waals surface area contributed by atoms with Crippen molar-refractivity contribution >= 4 is 6.08 Å². The minimum atomic E-state index is 0.371. The Morgan fingerprint density at radius 3 is 2.75 bits per heavy atom. The van der Waals surface area contributed by atoms with Gasteiger partial charge in [-0.25, -0.2) is 4.99 Å². The molecule has 2 rings (SSSR count). The molecule has 3 nitrogen and oxygen atoms in total. The predicted octanol–water partition coefficient (Wildman–Crippen LogP) is 1.72. The molecule has 1 heterocycles. The lowest BCUT2D eigenvalue weighted by Crippen LogP contribution is -2.20. The second kappa shape index (κ2) is 3.78. The zero-order valence-corrected chi connectivity index (χ0v) is 7.29. The first-order valence-electron chi connectivity index (χ1n) is 4.79. The van der Waals surface area contributed by atoms with E-state index in [9.17, 15) is 0 Å². The fraction of sp³-hybridized carbons (Fsp3) is 0.889. The lowest BCUT2D eigenvalue weighted by Gasteiger charge is -2.21. The molecule has 0 aromatic heterocycles. The van der Waals surface area contributed by atoms with Crippen molar-refractivity contribution in [3.8, 4) is 0 Å². The van der Waals surface area contributed by atoms with Crippen LogP contribution in [0.4, 0.5) is 0 Å². The molecule has 1 fully saturated rings. The van der Waals surface area contributed by atoms with Crippen LogP contribution < -0.4 is 0 Å². The molecule has 12 heavy (non-hydrogen) atoms. The van der Waals surface area contributed by atoms with Crippen LogP contribution in [0, 0.1) is 0 Å².